The van der Waals surface area contributed by atoms with Crippen molar-refractivity contribution in [2.24, 2.45) is 0 Å². The molecule has 0 amide bonds. The van der Waals surface area contributed by atoms with Gasteiger partial charge in [-0.2, -0.15) is 0 Å². The summed E-state index contributed by atoms with van der Waals surface area (Å²) >= 11 is 0. The molecule has 0 unspecified atom stereocenters. The third kappa shape index (κ3) is 7.17. The number of rotatable bonds is 10. The SMILES string of the molecule is c1ccc([Si](c2ccccc2)(c2ccccc2)c2cccc(N(c3ccc(-c4cccc5ccccc45)cc3)c3ccc(-c4cccc5c4c4ccccc4n5-c4cccc5ccccc45)cc3)c2)cc1. The Bertz CT molecular complexity index is 3920. The average molecular weight is 921 g/mol. The van der Waals surface area contributed by atoms with Crippen LogP contribution in [0, 0.1) is 0 Å². The molecule has 0 aliphatic heterocycles. The van der Waals surface area contributed by atoms with Crippen LogP contribution in [0.4, 0.5) is 17.1 Å². The minimum absolute atomic E-state index is 1.08. The first-order valence-corrected chi connectivity index (χ1v) is 26.5. The number of fused-ring (bicyclic) bond motifs is 5. The predicted molar refractivity (Wildman–Crippen MR) is 305 cm³/mol. The van der Waals surface area contributed by atoms with Crippen molar-refractivity contribution in [3.8, 4) is 27.9 Å². The van der Waals surface area contributed by atoms with E-state index >= 15 is 0 Å². The van der Waals surface area contributed by atoms with E-state index in [4.69, 9.17) is 0 Å². The number of anilines is 3. The highest BCUT2D eigenvalue weighted by Gasteiger charge is 2.41. The van der Waals surface area contributed by atoms with Gasteiger partial charge in [-0.25, -0.2) is 0 Å². The number of hydrogen-bond donors (Lipinski definition) is 0. The third-order valence-electron chi connectivity index (χ3n) is 14.5. The smallest absolute Gasteiger partial charge is 0.179 e. The highest BCUT2D eigenvalue weighted by Crippen LogP contribution is 2.42. The zero-order chi connectivity index (χ0) is 47.1. The first-order chi connectivity index (χ1) is 35.2. The van der Waals surface area contributed by atoms with Crippen LogP contribution in [0.1, 0.15) is 0 Å². The Kier molecular flexibility index (Phi) is 10.6. The van der Waals surface area contributed by atoms with E-state index in [1.54, 1.807) is 0 Å². The van der Waals surface area contributed by atoms with Gasteiger partial charge < -0.3 is 9.47 Å². The monoisotopic (exact) mass is 920 g/mol. The molecule has 0 N–H and O–H groups in total. The molecule has 1 aromatic heterocycles. The van der Waals surface area contributed by atoms with Gasteiger partial charge in [0.2, 0.25) is 0 Å². The lowest BCUT2D eigenvalue weighted by Gasteiger charge is -2.35. The van der Waals surface area contributed by atoms with Crippen LogP contribution in [0.5, 0.6) is 0 Å². The van der Waals surface area contributed by atoms with Crippen LogP contribution in [0.15, 0.2) is 291 Å². The minimum Gasteiger partial charge on any atom is -0.311 e. The first kappa shape index (κ1) is 42.1. The van der Waals surface area contributed by atoms with E-state index in [-0.39, 0.29) is 0 Å². The Morgan fingerprint density at radius 2 is 0.718 bits per heavy atom. The van der Waals surface area contributed by atoms with Gasteiger partial charge in [-0.15, -0.1) is 0 Å². The second-order valence-corrected chi connectivity index (χ2v) is 22.2. The van der Waals surface area contributed by atoms with Crippen molar-refractivity contribution in [3.63, 3.8) is 0 Å². The van der Waals surface area contributed by atoms with Gasteiger partial charge in [-0.05, 0) is 114 Å². The van der Waals surface area contributed by atoms with Crippen LogP contribution in [0.2, 0.25) is 0 Å². The van der Waals surface area contributed by atoms with Crippen LogP contribution >= 0.6 is 0 Å². The molecule has 0 aliphatic rings. The highest BCUT2D eigenvalue weighted by molar-refractivity contribution is 7.19. The number of benzene rings is 12. The summed E-state index contributed by atoms with van der Waals surface area (Å²) < 4.78 is 2.45. The summed E-state index contributed by atoms with van der Waals surface area (Å²) in [6, 6.07) is 108. The van der Waals surface area contributed by atoms with Gasteiger partial charge >= 0.3 is 0 Å². The highest BCUT2D eigenvalue weighted by atomic mass is 28.3. The maximum absolute atomic E-state index is 2.83. The van der Waals surface area contributed by atoms with Gasteiger partial charge in [-0.1, -0.05) is 237 Å². The molecule has 0 saturated heterocycles. The van der Waals surface area contributed by atoms with Crippen molar-refractivity contribution >= 4 is 89.2 Å². The molecule has 0 atom stereocenters. The van der Waals surface area contributed by atoms with E-state index in [9.17, 15) is 0 Å². The Morgan fingerprint density at radius 1 is 0.282 bits per heavy atom. The van der Waals surface area contributed by atoms with Gasteiger partial charge in [0.05, 0.1) is 16.7 Å². The summed E-state index contributed by atoms with van der Waals surface area (Å²) in [5.41, 5.74) is 11.6. The lowest BCUT2D eigenvalue weighted by Crippen LogP contribution is -2.74. The zero-order valence-electron chi connectivity index (χ0n) is 39.1. The number of nitrogens with zero attached hydrogens (tertiary/aromatic N) is 2. The van der Waals surface area contributed by atoms with E-state index in [1.165, 1.54) is 92.0 Å². The second-order valence-electron chi connectivity index (χ2n) is 18.4. The van der Waals surface area contributed by atoms with Crippen molar-refractivity contribution in [2.45, 2.75) is 0 Å². The van der Waals surface area contributed by atoms with Gasteiger partial charge in [0.1, 0.15) is 0 Å². The Hall–Kier alpha value is -9.02. The molecule has 71 heavy (non-hydrogen) atoms. The van der Waals surface area contributed by atoms with Gasteiger partial charge in [0.15, 0.2) is 8.07 Å². The molecule has 13 rings (SSSR count). The summed E-state index contributed by atoms with van der Waals surface area (Å²) in [5.74, 6) is 0. The average Bonchev–Trinajstić information content (AvgIpc) is 3.79. The standard InChI is InChI=1S/C68H48N2Si/c1-4-25-56(26-5-1)71(57-27-6-2-7-28-57,58-29-8-3-9-30-58)59-31-18-24-55(48-59)69(53-44-40-51(41-45-53)61-35-16-22-49-20-10-12-32-60(49)61)54-46-42-52(43-47-54)63-36-19-39-67-68(63)64-34-14-15-37-66(64)70(67)65-38-17-23-50-21-11-13-33-62(50)65/h1-48H. The summed E-state index contributed by atoms with van der Waals surface area (Å²) in [6.07, 6.45) is 0. The van der Waals surface area contributed by atoms with Crippen LogP contribution in [0.3, 0.4) is 0 Å². The van der Waals surface area contributed by atoms with Gasteiger partial charge in [-0.3, -0.25) is 0 Å². The van der Waals surface area contributed by atoms with Crippen LogP contribution in [0.25, 0.3) is 71.3 Å². The van der Waals surface area contributed by atoms with Crippen molar-refractivity contribution < 1.29 is 0 Å². The van der Waals surface area contributed by atoms with E-state index in [1.807, 2.05) is 0 Å². The Labute approximate surface area is 415 Å². The van der Waals surface area contributed by atoms with Crippen LogP contribution in [-0.2, 0) is 0 Å². The second kappa shape index (κ2) is 17.8. The molecular formula is C68H48N2Si. The molecule has 334 valence electrons. The maximum atomic E-state index is 2.47. The third-order valence-corrected chi connectivity index (χ3v) is 19.3. The van der Waals surface area contributed by atoms with Crippen molar-refractivity contribution in [2.75, 3.05) is 4.90 Å². The van der Waals surface area contributed by atoms with E-state index < -0.39 is 8.07 Å². The molecule has 1 heterocycles. The number of para-hydroxylation sites is 1. The van der Waals surface area contributed by atoms with Crippen molar-refractivity contribution in [1.29, 1.82) is 0 Å². The molecule has 0 aliphatic carbocycles. The molecule has 12 aromatic carbocycles. The normalized spacial score (nSPS) is 11.7. The molecule has 0 radical (unpaired) electrons. The summed E-state index contributed by atoms with van der Waals surface area (Å²) in [6.45, 7) is 0. The summed E-state index contributed by atoms with van der Waals surface area (Å²) in [4.78, 5) is 2.44. The lowest BCUT2D eigenvalue weighted by atomic mass is 9.98. The quantitative estimate of drug-likeness (QED) is 0.0980. The maximum Gasteiger partial charge on any atom is 0.179 e. The summed E-state index contributed by atoms with van der Waals surface area (Å²) in [7, 11) is -2.83. The molecule has 0 fully saturated rings. The van der Waals surface area contributed by atoms with Crippen LogP contribution in [-0.4, -0.2) is 12.6 Å². The molecular weight excluding hydrogens is 873 g/mol. The Balaban J connectivity index is 0.986. The Morgan fingerprint density at radius 3 is 1.35 bits per heavy atom. The van der Waals surface area contributed by atoms with E-state index in [0.29, 0.717) is 0 Å². The summed E-state index contributed by atoms with van der Waals surface area (Å²) in [5, 5.41) is 12.8. The fourth-order valence-electron chi connectivity index (χ4n) is 11.4. The molecule has 0 bridgehead atoms. The zero-order valence-corrected chi connectivity index (χ0v) is 40.1. The van der Waals surface area contributed by atoms with Gasteiger partial charge in [0.25, 0.3) is 0 Å². The minimum atomic E-state index is -2.83. The van der Waals surface area contributed by atoms with E-state index in [2.05, 4.69) is 301 Å². The topological polar surface area (TPSA) is 8.17 Å². The molecule has 3 heteroatoms. The predicted octanol–water partition coefficient (Wildman–Crippen LogP) is 15.3. The van der Waals surface area contributed by atoms with Crippen molar-refractivity contribution in [1.82, 2.24) is 4.57 Å². The first-order valence-electron chi connectivity index (χ1n) is 24.5. The fourth-order valence-corrected chi connectivity index (χ4v) is 16.2. The van der Waals surface area contributed by atoms with Gasteiger partial charge in [0, 0.05) is 33.2 Å². The molecule has 0 spiro atoms. The molecule has 0 saturated carbocycles. The number of hydrogen-bond acceptors (Lipinski definition) is 1. The molecule has 2 nitrogen and oxygen atoms in total. The van der Waals surface area contributed by atoms with E-state index in [0.717, 1.165) is 17.1 Å². The van der Waals surface area contributed by atoms with Crippen LogP contribution < -0.4 is 25.6 Å². The largest absolute Gasteiger partial charge is 0.311 e. The molecule has 13 aromatic rings. The lowest BCUT2D eigenvalue weighted by molar-refractivity contribution is 1.20. The fraction of sp³-hybridized carbons (Fsp3) is 0. The number of aromatic nitrogens is 1. The van der Waals surface area contributed by atoms with Crippen molar-refractivity contribution in [3.05, 3.63) is 291 Å².